The minimum atomic E-state index is -0.274. The number of halogens is 1. The number of nitrogens with one attached hydrogen (secondary N) is 1. The summed E-state index contributed by atoms with van der Waals surface area (Å²) in [6.07, 6.45) is 10.1. The molecule has 1 N–H and O–H groups in total. The molecule has 1 atom stereocenters. The van der Waals surface area contributed by atoms with Gasteiger partial charge in [-0.15, -0.1) is 0 Å². The number of nitriles is 1. The van der Waals surface area contributed by atoms with Crippen LogP contribution in [0.3, 0.4) is 0 Å². The molecule has 33 heavy (non-hydrogen) atoms. The molecule has 0 spiro atoms. The van der Waals surface area contributed by atoms with E-state index in [1.54, 1.807) is 17.3 Å². The fraction of sp³-hybridized carbons (Fsp3) is 0.696. The summed E-state index contributed by atoms with van der Waals surface area (Å²) < 4.78 is 6.67. The summed E-state index contributed by atoms with van der Waals surface area (Å²) in [6, 6.07) is 2.58. The second-order valence-corrected chi connectivity index (χ2v) is 10.0. The molecule has 1 aromatic heterocycles. The monoisotopic (exact) mass is 518 g/mol. The average Bonchev–Trinajstić information content (AvgIpc) is 3.33. The quantitative estimate of drug-likeness (QED) is 0.614. The topological polar surface area (TPSA) is 111 Å². The first-order valence-corrected chi connectivity index (χ1v) is 12.7. The molecule has 4 rings (SSSR count). The minimum Gasteiger partial charge on any atom is -0.460 e. The van der Waals surface area contributed by atoms with E-state index in [0.29, 0.717) is 25.6 Å². The highest BCUT2D eigenvalue weighted by atomic mass is 79.9. The van der Waals surface area contributed by atoms with Crippen molar-refractivity contribution in [2.45, 2.75) is 69.6 Å². The Bertz CT molecular complexity index is 860. The van der Waals surface area contributed by atoms with Gasteiger partial charge < -0.3 is 19.9 Å². The van der Waals surface area contributed by atoms with Crippen LogP contribution in [0.1, 0.15) is 51.4 Å². The first-order valence-electron chi connectivity index (χ1n) is 11.9. The number of likely N-dealkylation sites (tertiary alicyclic amines) is 2. The number of hydrogen-bond acceptors (Lipinski definition) is 7. The molecule has 10 heteroatoms. The lowest BCUT2D eigenvalue weighted by Crippen LogP contribution is -2.47. The van der Waals surface area contributed by atoms with Crippen molar-refractivity contribution in [1.29, 1.82) is 5.26 Å². The molecule has 178 valence electrons. The maximum atomic E-state index is 13.0. The maximum absolute atomic E-state index is 13.0. The number of rotatable bonds is 6. The highest BCUT2D eigenvalue weighted by Gasteiger charge is 2.33. The smallest absolute Gasteiger partial charge is 0.316 e. The van der Waals surface area contributed by atoms with Gasteiger partial charge in [-0.25, -0.2) is 9.97 Å². The summed E-state index contributed by atoms with van der Waals surface area (Å²) in [5.41, 5.74) is 0. The first-order chi connectivity index (χ1) is 16.0. The van der Waals surface area contributed by atoms with Gasteiger partial charge in [-0.2, -0.15) is 5.26 Å². The van der Waals surface area contributed by atoms with Crippen LogP contribution in [0, 0.1) is 17.2 Å². The van der Waals surface area contributed by atoms with Crippen LogP contribution >= 0.6 is 15.9 Å². The zero-order chi connectivity index (χ0) is 23.2. The summed E-state index contributed by atoms with van der Waals surface area (Å²) in [7, 11) is 0. The normalized spacial score (nSPS) is 26.1. The molecule has 1 aromatic rings. The standard InChI is InChI=1S/C23H31BrN6O3/c24-17-13-27-23(28-14-17)33-20-7-10-29(11-8-20)22(32)16-3-5-18(6-4-16)26-15-21(31)30-9-1-2-19(30)12-25/h13-14,16,18-20,26H,1-11,15H2/t16-,18-,19-/m0/s1. The molecule has 3 fully saturated rings. The van der Waals surface area contributed by atoms with E-state index < -0.39 is 0 Å². The average molecular weight is 519 g/mol. The van der Waals surface area contributed by atoms with Crippen molar-refractivity contribution >= 4 is 27.7 Å². The fourth-order valence-corrected chi connectivity index (χ4v) is 5.24. The summed E-state index contributed by atoms with van der Waals surface area (Å²) >= 11 is 3.31. The Hall–Kier alpha value is -2.25. The minimum absolute atomic E-state index is 0.0101. The molecule has 0 radical (unpaired) electrons. The molecule has 0 aromatic carbocycles. The molecule has 2 amide bonds. The number of hydrogen-bond donors (Lipinski definition) is 1. The van der Waals surface area contributed by atoms with Crippen LogP contribution in [-0.4, -0.2) is 75.9 Å². The number of piperidine rings is 1. The highest BCUT2D eigenvalue weighted by Crippen LogP contribution is 2.28. The molecule has 9 nitrogen and oxygen atoms in total. The van der Waals surface area contributed by atoms with Crippen molar-refractivity contribution in [2.75, 3.05) is 26.2 Å². The lowest BCUT2D eigenvalue weighted by Gasteiger charge is -2.36. The Balaban J connectivity index is 1.15. The molecular weight excluding hydrogens is 488 g/mol. The van der Waals surface area contributed by atoms with E-state index in [1.165, 1.54) is 0 Å². The lowest BCUT2D eigenvalue weighted by molar-refractivity contribution is -0.138. The van der Waals surface area contributed by atoms with E-state index in [-0.39, 0.29) is 42.5 Å². The van der Waals surface area contributed by atoms with Gasteiger partial charge >= 0.3 is 6.01 Å². The Kier molecular flexibility index (Phi) is 8.15. The highest BCUT2D eigenvalue weighted by molar-refractivity contribution is 9.10. The summed E-state index contributed by atoms with van der Waals surface area (Å²) in [4.78, 5) is 37.4. The molecule has 0 bridgehead atoms. The predicted octanol–water partition coefficient (Wildman–Crippen LogP) is 2.27. The van der Waals surface area contributed by atoms with Crippen molar-refractivity contribution in [3.63, 3.8) is 0 Å². The van der Waals surface area contributed by atoms with Crippen molar-refractivity contribution in [2.24, 2.45) is 5.92 Å². The lowest BCUT2D eigenvalue weighted by atomic mass is 9.84. The number of carbonyl (C=O) groups is 2. The van der Waals surface area contributed by atoms with E-state index in [0.717, 1.165) is 55.8 Å². The third kappa shape index (κ3) is 6.21. The van der Waals surface area contributed by atoms with Gasteiger partial charge in [0.25, 0.3) is 0 Å². The third-order valence-electron chi connectivity index (χ3n) is 6.96. The van der Waals surface area contributed by atoms with Gasteiger partial charge in [0.15, 0.2) is 0 Å². The van der Waals surface area contributed by atoms with Crippen LogP contribution in [0.15, 0.2) is 16.9 Å². The van der Waals surface area contributed by atoms with Crippen molar-refractivity contribution in [3.8, 4) is 12.1 Å². The largest absolute Gasteiger partial charge is 0.460 e. The van der Waals surface area contributed by atoms with E-state index in [2.05, 4.69) is 37.3 Å². The van der Waals surface area contributed by atoms with E-state index in [4.69, 9.17) is 10.00 Å². The van der Waals surface area contributed by atoms with Crippen LogP contribution in [0.5, 0.6) is 6.01 Å². The molecule has 1 aliphatic carbocycles. The van der Waals surface area contributed by atoms with E-state index in [1.807, 2.05) is 4.90 Å². The number of ether oxygens (including phenoxy) is 1. The van der Waals surface area contributed by atoms with Gasteiger partial charge in [-0.05, 0) is 54.5 Å². The van der Waals surface area contributed by atoms with Gasteiger partial charge in [0.1, 0.15) is 12.1 Å². The molecule has 0 unspecified atom stereocenters. The summed E-state index contributed by atoms with van der Waals surface area (Å²) in [5, 5.41) is 12.5. The van der Waals surface area contributed by atoms with Crippen molar-refractivity contribution in [1.82, 2.24) is 25.1 Å². The van der Waals surface area contributed by atoms with E-state index in [9.17, 15) is 9.59 Å². The number of aromatic nitrogens is 2. The number of carbonyl (C=O) groups excluding carboxylic acids is 2. The van der Waals surface area contributed by atoms with E-state index >= 15 is 0 Å². The van der Waals surface area contributed by atoms with Crippen molar-refractivity contribution < 1.29 is 14.3 Å². The fourth-order valence-electron chi connectivity index (χ4n) is 5.04. The van der Waals surface area contributed by atoms with Crippen LogP contribution in [0.25, 0.3) is 0 Å². The van der Waals surface area contributed by atoms with Crippen LogP contribution < -0.4 is 10.1 Å². The Morgan fingerprint density at radius 3 is 2.45 bits per heavy atom. The number of amides is 2. The first kappa shape index (κ1) is 23.9. The van der Waals surface area contributed by atoms with Gasteiger partial charge in [-0.1, -0.05) is 0 Å². The van der Waals surface area contributed by atoms with Gasteiger partial charge in [-0.3, -0.25) is 9.59 Å². The molecule has 2 aliphatic heterocycles. The second-order valence-electron chi connectivity index (χ2n) is 9.13. The molecule has 3 aliphatic rings. The number of nitrogens with zero attached hydrogens (tertiary/aromatic N) is 5. The zero-order valence-corrected chi connectivity index (χ0v) is 20.4. The van der Waals surface area contributed by atoms with Crippen molar-refractivity contribution in [3.05, 3.63) is 16.9 Å². The van der Waals surface area contributed by atoms with Gasteiger partial charge in [0, 0.05) is 56.8 Å². The van der Waals surface area contributed by atoms with Crippen LogP contribution in [-0.2, 0) is 9.59 Å². The van der Waals surface area contributed by atoms with Crippen LogP contribution in [0.2, 0.25) is 0 Å². The molecular formula is C23H31BrN6O3. The Labute approximate surface area is 203 Å². The van der Waals surface area contributed by atoms with Crippen LogP contribution in [0.4, 0.5) is 0 Å². The SMILES string of the molecule is N#C[C@@H]1CCCN1C(=O)CN[C@H]1CC[C@H](C(=O)N2CCC(Oc3ncc(Br)cn3)CC2)CC1. The summed E-state index contributed by atoms with van der Waals surface area (Å²) in [6.45, 7) is 2.35. The predicted molar refractivity (Wildman–Crippen MR) is 124 cm³/mol. The zero-order valence-electron chi connectivity index (χ0n) is 18.8. The second kappa shape index (κ2) is 11.3. The van der Waals surface area contributed by atoms with Gasteiger partial charge in [0.2, 0.25) is 11.8 Å². The maximum Gasteiger partial charge on any atom is 0.316 e. The molecule has 2 saturated heterocycles. The molecule has 3 heterocycles. The molecule has 1 saturated carbocycles. The Morgan fingerprint density at radius 1 is 1.09 bits per heavy atom. The third-order valence-corrected chi connectivity index (χ3v) is 7.37. The Morgan fingerprint density at radius 2 is 1.79 bits per heavy atom. The van der Waals surface area contributed by atoms with Gasteiger partial charge in [0.05, 0.1) is 17.1 Å². The summed E-state index contributed by atoms with van der Waals surface area (Å²) in [5.74, 6) is 0.320.